The molecule has 0 radical (unpaired) electrons. The molecule has 0 aliphatic carbocycles. The molecule has 0 aliphatic heterocycles. The molecule has 1 N–H and O–H groups in total. The molecular formula is C17H21N3O. The van der Waals surface area contributed by atoms with E-state index in [4.69, 9.17) is 4.42 Å². The van der Waals surface area contributed by atoms with Crippen LogP contribution in [0.15, 0.2) is 34.7 Å². The number of para-hydroxylation sites is 1. The zero-order chi connectivity index (χ0) is 14.8. The van der Waals surface area contributed by atoms with Crippen molar-refractivity contribution in [3.8, 4) is 0 Å². The van der Waals surface area contributed by atoms with E-state index in [9.17, 15) is 0 Å². The van der Waals surface area contributed by atoms with E-state index >= 15 is 0 Å². The summed E-state index contributed by atoms with van der Waals surface area (Å²) in [4.78, 5) is 0. The molecule has 21 heavy (non-hydrogen) atoms. The fraction of sp³-hybridized carbons (Fsp3) is 0.353. The molecule has 0 saturated carbocycles. The van der Waals surface area contributed by atoms with Crippen molar-refractivity contribution in [2.24, 2.45) is 0 Å². The van der Waals surface area contributed by atoms with Gasteiger partial charge in [-0.05, 0) is 32.5 Å². The first-order valence-corrected chi connectivity index (χ1v) is 7.40. The summed E-state index contributed by atoms with van der Waals surface area (Å²) in [5.41, 5.74) is 4.39. The molecule has 0 aliphatic rings. The average Bonchev–Trinajstić information content (AvgIpc) is 2.98. The highest BCUT2D eigenvalue weighted by atomic mass is 16.3. The van der Waals surface area contributed by atoms with E-state index in [1.807, 2.05) is 23.7 Å². The van der Waals surface area contributed by atoms with Crippen molar-refractivity contribution in [1.29, 1.82) is 0 Å². The van der Waals surface area contributed by atoms with Crippen LogP contribution in [0.3, 0.4) is 0 Å². The molecule has 0 atom stereocenters. The van der Waals surface area contributed by atoms with Gasteiger partial charge in [0.05, 0.1) is 18.8 Å². The summed E-state index contributed by atoms with van der Waals surface area (Å²) in [5.74, 6) is 1.01. The van der Waals surface area contributed by atoms with Gasteiger partial charge in [0.25, 0.3) is 0 Å². The molecule has 2 aromatic heterocycles. The van der Waals surface area contributed by atoms with Gasteiger partial charge in [-0.3, -0.25) is 4.68 Å². The Labute approximate surface area is 124 Å². The molecule has 3 rings (SSSR count). The molecule has 0 saturated heterocycles. The number of fused-ring (bicyclic) bond motifs is 1. The number of rotatable bonds is 5. The van der Waals surface area contributed by atoms with Crippen molar-refractivity contribution in [3.63, 3.8) is 0 Å². The van der Waals surface area contributed by atoms with Gasteiger partial charge >= 0.3 is 0 Å². The van der Waals surface area contributed by atoms with Crippen LogP contribution < -0.4 is 5.32 Å². The van der Waals surface area contributed by atoms with Crippen LogP contribution in [0.5, 0.6) is 0 Å². The molecule has 1 aromatic carbocycles. The topological polar surface area (TPSA) is 43.0 Å². The molecule has 0 unspecified atom stereocenters. The molecule has 110 valence electrons. The molecule has 0 bridgehead atoms. The lowest BCUT2D eigenvalue weighted by atomic mass is 10.1. The Morgan fingerprint density at radius 3 is 2.76 bits per heavy atom. The number of nitrogens with zero attached hydrogens (tertiary/aromatic N) is 2. The van der Waals surface area contributed by atoms with Gasteiger partial charge < -0.3 is 9.73 Å². The molecule has 0 amide bonds. The first kappa shape index (κ1) is 13.9. The molecular weight excluding hydrogens is 262 g/mol. The van der Waals surface area contributed by atoms with Gasteiger partial charge in [0.1, 0.15) is 11.3 Å². The van der Waals surface area contributed by atoms with Crippen LogP contribution in [0.1, 0.15) is 29.6 Å². The molecule has 4 heteroatoms. The van der Waals surface area contributed by atoms with E-state index in [1.54, 1.807) is 0 Å². The van der Waals surface area contributed by atoms with Gasteiger partial charge in [0.15, 0.2) is 0 Å². The van der Waals surface area contributed by atoms with E-state index in [0.29, 0.717) is 0 Å². The predicted octanol–water partition coefficient (Wildman–Crippen LogP) is 3.40. The smallest absolute Gasteiger partial charge is 0.134 e. The first-order chi connectivity index (χ1) is 10.2. The third kappa shape index (κ3) is 2.72. The van der Waals surface area contributed by atoms with Crippen molar-refractivity contribution in [1.82, 2.24) is 15.1 Å². The van der Waals surface area contributed by atoms with Gasteiger partial charge in [-0.25, -0.2) is 0 Å². The number of furan rings is 1. The zero-order valence-corrected chi connectivity index (χ0v) is 12.8. The fourth-order valence-corrected chi connectivity index (χ4v) is 2.69. The second-order valence-corrected chi connectivity index (χ2v) is 5.37. The van der Waals surface area contributed by atoms with Gasteiger partial charge in [-0.15, -0.1) is 0 Å². The van der Waals surface area contributed by atoms with Crippen molar-refractivity contribution in [2.45, 2.75) is 33.9 Å². The van der Waals surface area contributed by atoms with Crippen molar-refractivity contribution >= 4 is 11.0 Å². The summed E-state index contributed by atoms with van der Waals surface area (Å²) in [6, 6.07) is 10.3. The normalized spacial score (nSPS) is 11.4. The Balaban J connectivity index is 2.04. The summed E-state index contributed by atoms with van der Waals surface area (Å²) < 4.78 is 8.06. The van der Waals surface area contributed by atoms with Gasteiger partial charge in [0.2, 0.25) is 0 Å². The van der Waals surface area contributed by atoms with E-state index in [1.165, 1.54) is 16.6 Å². The van der Waals surface area contributed by atoms with Crippen LogP contribution in [0.25, 0.3) is 11.0 Å². The number of hydrogen-bond donors (Lipinski definition) is 1. The summed E-state index contributed by atoms with van der Waals surface area (Å²) in [6.45, 7) is 8.64. The second kappa shape index (κ2) is 5.74. The SMILES string of the molecule is CCNCc1oc2ccccc2c1Cn1nc(C)cc1C. The molecule has 3 aromatic rings. The number of benzene rings is 1. The first-order valence-electron chi connectivity index (χ1n) is 7.40. The lowest BCUT2D eigenvalue weighted by Crippen LogP contribution is -2.13. The minimum atomic E-state index is 0.747. The monoisotopic (exact) mass is 283 g/mol. The predicted molar refractivity (Wildman–Crippen MR) is 84.4 cm³/mol. The number of aryl methyl sites for hydroxylation is 2. The fourth-order valence-electron chi connectivity index (χ4n) is 2.69. The molecule has 0 spiro atoms. The zero-order valence-electron chi connectivity index (χ0n) is 12.8. The quantitative estimate of drug-likeness (QED) is 0.780. The third-order valence-electron chi connectivity index (χ3n) is 3.73. The van der Waals surface area contributed by atoms with Crippen molar-refractivity contribution < 1.29 is 4.42 Å². The average molecular weight is 283 g/mol. The number of aromatic nitrogens is 2. The van der Waals surface area contributed by atoms with Crippen LogP contribution in [0, 0.1) is 13.8 Å². The highest BCUT2D eigenvalue weighted by molar-refractivity contribution is 5.82. The molecule has 0 fully saturated rings. The summed E-state index contributed by atoms with van der Waals surface area (Å²) in [5, 5.41) is 9.09. The van der Waals surface area contributed by atoms with Crippen LogP contribution in [0.2, 0.25) is 0 Å². The van der Waals surface area contributed by atoms with E-state index in [2.05, 4.69) is 42.5 Å². The maximum Gasteiger partial charge on any atom is 0.134 e. The summed E-state index contributed by atoms with van der Waals surface area (Å²) >= 11 is 0. The summed E-state index contributed by atoms with van der Waals surface area (Å²) in [6.07, 6.45) is 0. The Kier molecular flexibility index (Phi) is 3.80. The Morgan fingerprint density at radius 1 is 1.24 bits per heavy atom. The Morgan fingerprint density at radius 2 is 2.05 bits per heavy atom. The highest BCUT2D eigenvalue weighted by Crippen LogP contribution is 2.27. The van der Waals surface area contributed by atoms with Crippen LogP contribution >= 0.6 is 0 Å². The van der Waals surface area contributed by atoms with E-state index in [-0.39, 0.29) is 0 Å². The van der Waals surface area contributed by atoms with Crippen molar-refractivity contribution in [2.75, 3.05) is 6.54 Å². The van der Waals surface area contributed by atoms with E-state index in [0.717, 1.165) is 36.7 Å². The minimum absolute atomic E-state index is 0.747. The molecule has 2 heterocycles. The maximum atomic E-state index is 6.02. The third-order valence-corrected chi connectivity index (χ3v) is 3.73. The maximum absolute atomic E-state index is 6.02. The van der Waals surface area contributed by atoms with Crippen LogP contribution in [-0.2, 0) is 13.1 Å². The van der Waals surface area contributed by atoms with E-state index < -0.39 is 0 Å². The van der Waals surface area contributed by atoms with Gasteiger partial charge in [-0.2, -0.15) is 5.10 Å². The van der Waals surface area contributed by atoms with Crippen LogP contribution in [-0.4, -0.2) is 16.3 Å². The van der Waals surface area contributed by atoms with Crippen LogP contribution in [0.4, 0.5) is 0 Å². The number of nitrogens with one attached hydrogen (secondary N) is 1. The number of hydrogen-bond acceptors (Lipinski definition) is 3. The van der Waals surface area contributed by atoms with Gasteiger partial charge in [-0.1, -0.05) is 25.1 Å². The highest BCUT2D eigenvalue weighted by Gasteiger charge is 2.15. The second-order valence-electron chi connectivity index (χ2n) is 5.37. The largest absolute Gasteiger partial charge is 0.459 e. The minimum Gasteiger partial charge on any atom is -0.459 e. The van der Waals surface area contributed by atoms with Crippen molar-refractivity contribution in [3.05, 3.63) is 53.0 Å². The lowest BCUT2D eigenvalue weighted by molar-refractivity contribution is 0.507. The Hall–Kier alpha value is -2.07. The standard InChI is InChI=1S/C17H21N3O/c1-4-18-10-17-15(11-20-13(3)9-12(2)19-20)14-7-5-6-8-16(14)21-17/h5-9,18H,4,10-11H2,1-3H3. The lowest BCUT2D eigenvalue weighted by Gasteiger charge is -2.06. The van der Waals surface area contributed by atoms with Gasteiger partial charge in [0, 0.05) is 16.6 Å². The summed E-state index contributed by atoms with van der Waals surface area (Å²) in [7, 11) is 0. The Bertz CT molecular complexity index is 755. The molecule has 4 nitrogen and oxygen atoms in total.